The van der Waals surface area contributed by atoms with Crippen LogP contribution in [0.15, 0.2) is 40.5 Å². The molecule has 0 radical (unpaired) electrons. The summed E-state index contributed by atoms with van der Waals surface area (Å²) in [5.41, 5.74) is 1.35. The van der Waals surface area contributed by atoms with Gasteiger partial charge in [0.15, 0.2) is 4.96 Å². The van der Waals surface area contributed by atoms with Gasteiger partial charge >= 0.3 is 5.97 Å². The van der Waals surface area contributed by atoms with E-state index in [2.05, 4.69) is 10.3 Å². The molecule has 8 nitrogen and oxygen atoms in total. The summed E-state index contributed by atoms with van der Waals surface area (Å²) in [5, 5.41) is 4.56. The molecular weight excluding hydrogens is 418 g/mol. The van der Waals surface area contributed by atoms with Crippen molar-refractivity contribution in [1.29, 1.82) is 0 Å². The van der Waals surface area contributed by atoms with Gasteiger partial charge in [-0.1, -0.05) is 13.8 Å². The monoisotopic (exact) mass is 443 g/mol. The van der Waals surface area contributed by atoms with Crippen molar-refractivity contribution in [3.63, 3.8) is 0 Å². The van der Waals surface area contributed by atoms with E-state index >= 15 is 0 Å². The average molecular weight is 444 g/mol. The molecular formula is C22H25N3O5S. The van der Waals surface area contributed by atoms with Crippen molar-refractivity contribution in [3.8, 4) is 5.75 Å². The van der Waals surface area contributed by atoms with E-state index in [0.29, 0.717) is 28.6 Å². The van der Waals surface area contributed by atoms with E-state index < -0.39 is 12.0 Å². The fourth-order valence-electron chi connectivity index (χ4n) is 3.00. The fourth-order valence-corrected chi connectivity index (χ4v) is 3.89. The molecule has 1 unspecified atom stereocenters. The molecule has 0 spiro atoms. The maximum absolute atomic E-state index is 12.7. The minimum Gasteiger partial charge on any atom is -0.494 e. The van der Waals surface area contributed by atoms with Crippen LogP contribution in [0.1, 0.15) is 42.5 Å². The average Bonchev–Trinajstić information content (AvgIpc) is 3.11. The van der Waals surface area contributed by atoms with Crippen molar-refractivity contribution >= 4 is 28.2 Å². The zero-order chi connectivity index (χ0) is 22.5. The number of rotatable bonds is 8. The van der Waals surface area contributed by atoms with Gasteiger partial charge in [-0.25, -0.2) is 9.78 Å². The normalized spacial score (nSPS) is 12.0. The first-order chi connectivity index (χ1) is 14.8. The molecule has 2 aromatic heterocycles. The van der Waals surface area contributed by atoms with Crippen molar-refractivity contribution in [2.45, 2.75) is 40.3 Å². The third kappa shape index (κ3) is 5.29. The molecule has 0 aliphatic rings. The van der Waals surface area contributed by atoms with Gasteiger partial charge in [0.2, 0.25) is 0 Å². The number of carbonyl (C=O) groups is 2. The van der Waals surface area contributed by atoms with Gasteiger partial charge in [-0.05, 0) is 44.0 Å². The summed E-state index contributed by atoms with van der Waals surface area (Å²) >= 11 is 1.34. The van der Waals surface area contributed by atoms with E-state index in [1.807, 2.05) is 33.1 Å². The number of nitrogens with one attached hydrogen (secondary N) is 1. The Balaban J connectivity index is 1.66. The quantitative estimate of drug-likeness (QED) is 0.538. The third-order valence-electron chi connectivity index (χ3n) is 4.63. The molecule has 0 saturated carbocycles. The lowest BCUT2D eigenvalue weighted by molar-refractivity contribution is -0.148. The lowest BCUT2D eigenvalue weighted by Gasteiger charge is -2.21. The van der Waals surface area contributed by atoms with Crippen LogP contribution in [-0.4, -0.2) is 33.9 Å². The van der Waals surface area contributed by atoms with Crippen molar-refractivity contribution in [1.82, 2.24) is 14.7 Å². The van der Waals surface area contributed by atoms with Crippen LogP contribution in [-0.2, 0) is 16.1 Å². The number of nitrogens with zero attached hydrogens (tertiary/aromatic N) is 2. The summed E-state index contributed by atoms with van der Waals surface area (Å²) in [4.78, 5) is 42.4. The van der Waals surface area contributed by atoms with Crippen LogP contribution in [0.4, 0.5) is 0 Å². The molecule has 31 heavy (non-hydrogen) atoms. The number of amides is 1. The molecule has 0 aliphatic heterocycles. The molecule has 0 aliphatic carbocycles. The number of aromatic nitrogens is 2. The number of thiazole rings is 1. The number of carbonyl (C=O) groups excluding carboxylic acids is 2. The Morgan fingerprint density at radius 1 is 1.23 bits per heavy atom. The van der Waals surface area contributed by atoms with Crippen molar-refractivity contribution in [3.05, 3.63) is 63.0 Å². The molecule has 164 valence electrons. The summed E-state index contributed by atoms with van der Waals surface area (Å²) in [6.07, 6.45) is 0. The Bertz CT molecular complexity index is 1130. The first kappa shape index (κ1) is 22.5. The highest BCUT2D eigenvalue weighted by molar-refractivity contribution is 7.15. The maximum Gasteiger partial charge on any atom is 0.329 e. The van der Waals surface area contributed by atoms with Crippen LogP contribution in [0.5, 0.6) is 5.75 Å². The summed E-state index contributed by atoms with van der Waals surface area (Å²) in [5.74, 6) is -0.496. The Kier molecular flexibility index (Phi) is 7.06. The topological polar surface area (TPSA) is 99.0 Å². The van der Waals surface area contributed by atoms with Crippen LogP contribution < -0.4 is 15.6 Å². The number of aryl methyl sites for hydroxylation is 1. The van der Waals surface area contributed by atoms with E-state index in [1.54, 1.807) is 24.3 Å². The molecule has 1 amide bonds. The number of fused-ring (bicyclic) bond motifs is 1. The molecule has 3 aromatic rings. The minimum absolute atomic E-state index is 0.149. The van der Waals surface area contributed by atoms with Crippen molar-refractivity contribution < 1.29 is 19.1 Å². The summed E-state index contributed by atoms with van der Waals surface area (Å²) in [6, 6.07) is 7.19. The van der Waals surface area contributed by atoms with Gasteiger partial charge in [0, 0.05) is 22.7 Å². The first-order valence-electron chi connectivity index (χ1n) is 9.97. The SMILES string of the molecule is CCOc1ccc(C(=O)NC(C(=O)OCc2cc(=O)n3c(C)csc3n2)C(C)C)cc1. The standard InChI is InChI=1S/C22H25N3O5S/c1-5-29-17-8-6-15(7-9-17)20(27)24-19(13(2)3)21(28)30-11-16-10-18(26)25-14(4)12-31-22(25)23-16/h6-10,12-13,19H,5,11H2,1-4H3,(H,24,27). The molecule has 9 heteroatoms. The van der Waals surface area contributed by atoms with E-state index in [4.69, 9.17) is 9.47 Å². The second-order valence-electron chi connectivity index (χ2n) is 7.34. The predicted octanol–water partition coefficient (Wildman–Crippen LogP) is 2.96. The number of esters is 1. The number of hydrogen-bond acceptors (Lipinski definition) is 7. The number of benzene rings is 1. The number of hydrogen-bond donors (Lipinski definition) is 1. The zero-order valence-corrected chi connectivity index (χ0v) is 18.7. The predicted molar refractivity (Wildman–Crippen MR) is 118 cm³/mol. The summed E-state index contributed by atoms with van der Waals surface area (Å²) in [7, 11) is 0. The maximum atomic E-state index is 12.7. The van der Waals surface area contributed by atoms with E-state index in [-0.39, 0.29) is 24.0 Å². The van der Waals surface area contributed by atoms with Gasteiger partial charge < -0.3 is 14.8 Å². The second-order valence-corrected chi connectivity index (χ2v) is 8.18. The molecule has 1 N–H and O–H groups in total. The fraction of sp³-hybridized carbons (Fsp3) is 0.364. The Hall–Kier alpha value is -3.20. The summed E-state index contributed by atoms with van der Waals surface area (Å²) in [6.45, 7) is 7.72. The van der Waals surface area contributed by atoms with Gasteiger partial charge in [-0.3, -0.25) is 14.0 Å². The van der Waals surface area contributed by atoms with Crippen molar-refractivity contribution in [2.24, 2.45) is 5.92 Å². The highest BCUT2D eigenvalue weighted by Crippen LogP contribution is 2.14. The highest BCUT2D eigenvalue weighted by Gasteiger charge is 2.26. The van der Waals surface area contributed by atoms with Gasteiger partial charge in [0.05, 0.1) is 12.3 Å². The Morgan fingerprint density at radius 3 is 2.58 bits per heavy atom. The van der Waals surface area contributed by atoms with Gasteiger partial charge in [-0.15, -0.1) is 11.3 Å². The van der Waals surface area contributed by atoms with Gasteiger partial charge in [0.25, 0.3) is 11.5 Å². The Morgan fingerprint density at radius 2 is 1.94 bits per heavy atom. The minimum atomic E-state index is -0.840. The molecule has 1 aromatic carbocycles. The van der Waals surface area contributed by atoms with Crippen molar-refractivity contribution in [2.75, 3.05) is 6.61 Å². The molecule has 1 atom stereocenters. The van der Waals surface area contributed by atoms with Crippen LogP contribution in [0.3, 0.4) is 0 Å². The molecule has 0 bridgehead atoms. The summed E-state index contributed by atoms with van der Waals surface area (Å²) < 4.78 is 12.2. The molecule has 0 saturated heterocycles. The van der Waals surface area contributed by atoms with E-state index in [0.717, 1.165) is 5.69 Å². The largest absolute Gasteiger partial charge is 0.494 e. The molecule has 3 rings (SSSR count). The highest BCUT2D eigenvalue weighted by atomic mass is 32.1. The van der Waals surface area contributed by atoms with E-state index in [1.165, 1.54) is 21.8 Å². The molecule has 0 fully saturated rings. The molecule has 2 heterocycles. The smallest absolute Gasteiger partial charge is 0.329 e. The second kappa shape index (κ2) is 9.74. The Labute approximate surface area is 183 Å². The lowest BCUT2D eigenvalue weighted by Crippen LogP contribution is -2.45. The van der Waals surface area contributed by atoms with Gasteiger partial charge in [0.1, 0.15) is 18.4 Å². The van der Waals surface area contributed by atoms with Crippen LogP contribution in [0, 0.1) is 12.8 Å². The number of ether oxygens (including phenoxy) is 2. The third-order valence-corrected chi connectivity index (χ3v) is 5.57. The van der Waals surface area contributed by atoms with Crippen LogP contribution in [0.2, 0.25) is 0 Å². The lowest BCUT2D eigenvalue weighted by atomic mass is 10.0. The van der Waals surface area contributed by atoms with Crippen LogP contribution >= 0.6 is 11.3 Å². The zero-order valence-electron chi connectivity index (χ0n) is 17.9. The first-order valence-corrected chi connectivity index (χ1v) is 10.8. The van der Waals surface area contributed by atoms with E-state index in [9.17, 15) is 14.4 Å². The van der Waals surface area contributed by atoms with Gasteiger partial charge in [-0.2, -0.15) is 0 Å². The van der Waals surface area contributed by atoms with Crippen LogP contribution in [0.25, 0.3) is 4.96 Å².